The molecule has 5 nitrogen and oxygen atoms in total. The zero-order valence-electron chi connectivity index (χ0n) is 14.5. The van der Waals surface area contributed by atoms with Gasteiger partial charge in [0.05, 0.1) is 6.54 Å². The quantitative estimate of drug-likeness (QED) is 0.581. The Labute approximate surface area is 162 Å². The van der Waals surface area contributed by atoms with Gasteiger partial charge in [0.2, 0.25) is 11.8 Å². The molecule has 0 bridgehead atoms. The summed E-state index contributed by atoms with van der Waals surface area (Å²) >= 11 is 1.64. The minimum atomic E-state index is -0.498. The van der Waals surface area contributed by atoms with Crippen molar-refractivity contribution in [1.29, 1.82) is 0 Å². The van der Waals surface area contributed by atoms with Crippen molar-refractivity contribution in [3.05, 3.63) is 84.4 Å². The first-order valence-electron chi connectivity index (χ1n) is 8.37. The number of primary amides is 1. The van der Waals surface area contributed by atoms with Crippen LogP contribution >= 0.6 is 11.8 Å². The van der Waals surface area contributed by atoms with E-state index >= 15 is 0 Å². The summed E-state index contributed by atoms with van der Waals surface area (Å²) in [6.07, 6.45) is 0. The lowest BCUT2D eigenvalue weighted by atomic mass is 10.2. The van der Waals surface area contributed by atoms with E-state index in [0.717, 1.165) is 15.5 Å². The maximum atomic E-state index is 12.2. The van der Waals surface area contributed by atoms with E-state index in [-0.39, 0.29) is 12.5 Å². The molecule has 27 heavy (non-hydrogen) atoms. The van der Waals surface area contributed by atoms with Crippen LogP contribution in [0.2, 0.25) is 0 Å². The Bertz CT molecular complexity index is 928. The van der Waals surface area contributed by atoms with Gasteiger partial charge in [0, 0.05) is 26.7 Å². The predicted octanol–water partition coefficient (Wildman–Crippen LogP) is 3.99. The fraction of sp³-hybridized carbons (Fsp3) is 0.0476. The van der Waals surface area contributed by atoms with Crippen molar-refractivity contribution >= 4 is 35.0 Å². The Balaban J connectivity index is 1.59. The van der Waals surface area contributed by atoms with Crippen molar-refractivity contribution in [3.63, 3.8) is 0 Å². The molecule has 3 aromatic rings. The second-order valence-corrected chi connectivity index (χ2v) is 6.87. The van der Waals surface area contributed by atoms with Gasteiger partial charge in [-0.25, -0.2) is 0 Å². The van der Waals surface area contributed by atoms with Gasteiger partial charge in [0.25, 0.3) is 0 Å². The molecule has 136 valence electrons. The molecule has 0 heterocycles. The van der Waals surface area contributed by atoms with Crippen molar-refractivity contribution in [2.75, 3.05) is 17.2 Å². The van der Waals surface area contributed by atoms with Crippen LogP contribution in [0.3, 0.4) is 0 Å². The molecule has 0 saturated heterocycles. The number of nitrogens with two attached hydrogens (primary N) is 1. The fourth-order valence-electron chi connectivity index (χ4n) is 2.42. The first-order valence-corrected chi connectivity index (χ1v) is 9.19. The van der Waals surface area contributed by atoms with Crippen LogP contribution in [-0.2, 0) is 4.79 Å². The monoisotopic (exact) mass is 377 g/mol. The molecule has 2 amide bonds. The molecule has 0 saturated carbocycles. The highest BCUT2D eigenvalue weighted by atomic mass is 32.2. The normalized spacial score (nSPS) is 10.2. The largest absolute Gasteiger partial charge is 0.375 e. The minimum Gasteiger partial charge on any atom is -0.375 e. The van der Waals surface area contributed by atoms with Gasteiger partial charge in [-0.2, -0.15) is 0 Å². The van der Waals surface area contributed by atoms with Gasteiger partial charge in [-0.3, -0.25) is 9.59 Å². The van der Waals surface area contributed by atoms with E-state index < -0.39 is 5.91 Å². The maximum absolute atomic E-state index is 12.2. The Hall–Kier alpha value is -3.25. The van der Waals surface area contributed by atoms with Gasteiger partial charge in [0.1, 0.15) is 0 Å². The number of carbonyl (C=O) groups is 2. The number of hydrogen-bond donors (Lipinski definition) is 3. The summed E-state index contributed by atoms with van der Waals surface area (Å²) in [5.41, 5.74) is 7.11. The van der Waals surface area contributed by atoms with Crippen LogP contribution < -0.4 is 16.4 Å². The number of rotatable bonds is 7. The molecule has 0 fully saturated rings. The van der Waals surface area contributed by atoms with Gasteiger partial charge in [-0.15, -0.1) is 0 Å². The molecular weight excluding hydrogens is 358 g/mol. The molecule has 4 N–H and O–H groups in total. The van der Waals surface area contributed by atoms with Crippen LogP contribution in [0.5, 0.6) is 0 Å². The van der Waals surface area contributed by atoms with E-state index in [0.29, 0.717) is 11.3 Å². The lowest BCUT2D eigenvalue weighted by Gasteiger charge is -2.12. The number of para-hydroxylation sites is 1. The summed E-state index contributed by atoms with van der Waals surface area (Å²) in [5, 5.41) is 5.96. The second-order valence-electron chi connectivity index (χ2n) is 5.75. The number of nitrogens with one attached hydrogen (secondary N) is 2. The molecule has 0 atom stereocenters. The second kappa shape index (κ2) is 8.91. The van der Waals surface area contributed by atoms with Crippen molar-refractivity contribution in [1.82, 2.24) is 0 Å². The summed E-state index contributed by atoms with van der Waals surface area (Å²) in [7, 11) is 0. The summed E-state index contributed by atoms with van der Waals surface area (Å²) in [6, 6.07) is 24.4. The smallest absolute Gasteiger partial charge is 0.248 e. The number of carbonyl (C=O) groups excluding carboxylic acids is 2. The van der Waals surface area contributed by atoms with Crippen LogP contribution in [0.15, 0.2) is 88.7 Å². The third-order valence-corrected chi connectivity index (χ3v) is 4.83. The highest BCUT2D eigenvalue weighted by Gasteiger charge is 2.07. The Kier molecular flexibility index (Phi) is 6.12. The van der Waals surface area contributed by atoms with Crippen LogP contribution in [0, 0.1) is 0 Å². The van der Waals surface area contributed by atoms with E-state index in [2.05, 4.69) is 10.6 Å². The minimum absolute atomic E-state index is 0.129. The van der Waals surface area contributed by atoms with Gasteiger partial charge < -0.3 is 16.4 Å². The highest BCUT2D eigenvalue weighted by Crippen LogP contribution is 2.33. The zero-order valence-corrected chi connectivity index (χ0v) is 15.3. The van der Waals surface area contributed by atoms with Crippen LogP contribution in [0.4, 0.5) is 11.4 Å². The molecule has 0 aliphatic carbocycles. The predicted molar refractivity (Wildman–Crippen MR) is 109 cm³/mol. The number of amides is 2. The summed E-state index contributed by atoms with van der Waals surface area (Å²) in [5.74, 6) is -0.677. The van der Waals surface area contributed by atoms with Gasteiger partial charge in [-0.1, -0.05) is 42.1 Å². The SMILES string of the molecule is NC(=O)c1ccc(NC(=O)CNc2ccccc2Sc2ccccc2)cc1. The zero-order chi connectivity index (χ0) is 19.1. The Morgan fingerprint density at radius 3 is 2.22 bits per heavy atom. The molecule has 0 spiro atoms. The summed E-state index contributed by atoms with van der Waals surface area (Å²) in [4.78, 5) is 25.5. The summed E-state index contributed by atoms with van der Waals surface area (Å²) in [6.45, 7) is 0.129. The highest BCUT2D eigenvalue weighted by molar-refractivity contribution is 7.99. The average Bonchev–Trinajstić information content (AvgIpc) is 2.68. The van der Waals surface area contributed by atoms with Crippen molar-refractivity contribution < 1.29 is 9.59 Å². The third kappa shape index (κ3) is 5.36. The van der Waals surface area contributed by atoms with Crippen molar-refractivity contribution in [3.8, 4) is 0 Å². The van der Waals surface area contributed by atoms with Gasteiger partial charge in [-0.05, 0) is 48.5 Å². The molecular formula is C21H19N3O2S. The molecule has 6 heteroatoms. The molecule has 0 radical (unpaired) electrons. The van der Waals surface area contributed by atoms with Crippen LogP contribution in [-0.4, -0.2) is 18.4 Å². The van der Waals surface area contributed by atoms with Gasteiger partial charge in [0.15, 0.2) is 0 Å². The molecule has 0 aromatic heterocycles. The third-order valence-electron chi connectivity index (χ3n) is 3.75. The van der Waals surface area contributed by atoms with Gasteiger partial charge >= 0.3 is 0 Å². The van der Waals surface area contributed by atoms with E-state index in [1.54, 1.807) is 36.0 Å². The number of hydrogen-bond acceptors (Lipinski definition) is 4. The first-order chi connectivity index (χ1) is 13.1. The Morgan fingerprint density at radius 1 is 0.852 bits per heavy atom. The van der Waals surface area contributed by atoms with Crippen LogP contribution in [0.1, 0.15) is 10.4 Å². The number of benzene rings is 3. The fourth-order valence-corrected chi connectivity index (χ4v) is 3.36. The van der Waals surface area contributed by atoms with Crippen molar-refractivity contribution in [2.45, 2.75) is 9.79 Å². The lowest BCUT2D eigenvalue weighted by molar-refractivity contribution is -0.114. The average molecular weight is 377 g/mol. The van der Waals surface area contributed by atoms with Crippen LogP contribution in [0.25, 0.3) is 0 Å². The lowest BCUT2D eigenvalue weighted by Crippen LogP contribution is -2.22. The topological polar surface area (TPSA) is 84.2 Å². The molecule has 0 aliphatic rings. The van der Waals surface area contributed by atoms with E-state index in [1.807, 2.05) is 54.6 Å². The maximum Gasteiger partial charge on any atom is 0.248 e. The molecule has 0 unspecified atom stereocenters. The molecule has 3 rings (SSSR count). The summed E-state index contributed by atoms with van der Waals surface area (Å²) < 4.78 is 0. The molecule has 3 aromatic carbocycles. The Morgan fingerprint density at radius 2 is 1.52 bits per heavy atom. The van der Waals surface area contributed by atoms with Crippen molar-refractivity contribution in [2.24, 2.45) is 5.73 Å². The first kappa shape index (κ1) is 18.5. The van der Waals surface area contributed by atoms with E-state index in [4.69, 9.17) is 5.73 Å². The standard InChI is InChI=1S/C21H19N3O2S/c22-21(26)15-10-12-16(13-11-15)24-20(25)14-23-18-8-4-5-9-19(18)27-17-6-2-1-3-7-17/h1-13,23H,14H2,(H2,22,26)(H,24,25). The van der Waals surface area contributed by atoms with E-state index in [9.17, 15) is 9.59 Å². The molecule has 0 aliphatic heterocycles. The van der Waals surface area contributed by atoms with E-state index in [1.165, 1.54) is 0 Å². The number of anilines is 2.